The molecule has 0 amide bonds. The maximum absolute atomic E-state index is 15.1. The highest BCUT2D eigenvalue weighted by atomic mass is 32.1. The zero-order valence-corrected chi connectivity index (χ0v) is 26.9. The Labute approximate surface area is 274 Å². The van der Waals surface area contributed by atoms with E-state index < -0.39 is 11.2 Å². The lowest BCUT2D eigenvalue weighted by Gasteiger charge is -2.34. The van der Waals surface area contributed by atoms with Gasteiger partial charge in [0.05, 0.1) is 38.5 Å². The van der Waals surface area contributed by atoms with E-state index in [0.717, 1.165) is 93.0 Å². The number of H-pyrrole nitrogens is 1. The number of aromatic amines is 1. The summed E-state index contributed by atoms with van der Waals surface area (Å²) in [4.78, 5) is 29.5. The van der Waals surface area contributed by atoms with Crippen LogP contribution in [0.4, 0.5) is 10.2 Å². The van der Waals surface area contributed by atoms with Gasteiger partial charge in [0.1, 0.15) is 29.4 Å². The van der Waals surface area contributed by atoms with E-state index in [2.05, 4.69) is 31.7 Å². The highest BCUT2D eigenvalue weighted by molar-refractivity contribution is 7.26. The minimum atomic E-state index is -0.459. The van der Waals surface area contributed by atoms with Crippen molar-refractivity contribution in [2.24, 2.45) is 5.41 Å². The van der Waals surface area contributed by atoms with Crippen molar-refractivity contribution >= 4 is 65.4 Å². The first-order chi connectivity index (χ1) is 23.0. The van der Waals surface area contributed by atoms with Gasteiger partial charge in [0, 0.05) is 53.1 Å². The Morgan fingerprint density at radius 3 is 2.68 bits per heavy atom. The highest BCUT2D eigenvalue weighted by Gasteiger charge is 2.44. The molecule has 0 spiro atoms. The Hall–Kier alpha value is -4.70. The Kier molecular flexibility index (Phi) is 7.28. The van der Waals surface area contributed by atoms with E-state index in [-0.39, 0.29) is 18.2 Å². The third-order valence-electron chi connectivity index (χ3n) is 9.41. The van der Waals surface area contributed by atoms with E-state index in [9.17, 15) is 4.79 Å². The number of anilines is 1. The Balaban J connectivity index is 0.00000104. The van der Waals surface area contributed by atoms with Gasteiger partial charge >= 0.3 is 6.01 Å². The van der Waals surface area contributed by atoms with Crippen molar-refractivity contribution in [1.29, 1.82) is 0 Å². The van der Waals surface area contributed by atoms with Crippen molar-refractivity contribution < 1.29 is 13.9 Å². The molecule has 2 atom stereocenters. The van der Waals surface area contributed by atoms with Gasteiger partial charge in [-0.2, -0.15) is 15.1 Å². The number of aromatic nitrogens is 5. The topological polar surface area (TPSA) is 121 Å². The quantitative estimate of drug-likeness (QED) is 0.166. The predicted molar refractivity (Wildman–Crippen MR) is 184 cm³/mol. The standard InChI is InChI=1S/C33H26FN7O2S.C2H7N/c1-2-20-23(34)6-3-17-11-24-22(12-36-40-24)26(25(17)20)28-29-21(7-10-35-28)27-30(41-13-18-4-5-19(14-41)37-18)38-32(39-31(27)44-29)43-16-33(15-42)8-9-33;1-3-2/h1,3,6-7,10-12,15,18-19,37H,4-5,8-9,13-14,16H2,(H,36,40);3H,1-2H3. The lowest BCUT2D eigenvalue weighted by Crippen LogP contribution is -2.51. The molecule has 2 bridgehead atoms. The number of pyridine rings is 1. The van der Waals surface area contributed by atoms with Crippen molar-refractivity contribution in [3.8, 4) is 29.6 Å². The van der Waals surface area contributed by atoms with Crippen LogP contribution < -0.4 is 20.3 Å². The number of hydrogen-bond donors (Lipinski definition) is 3. The van der Waals surface area contributed by atoms with Crippen molar-refractivity contribution in [1.82, 2.24) is 35.8 Å². The largest absolute Gasteiger partial charge is 0.462 e. The SMILES string of the molecule is C#Cc1c(F)ccc2cc3[nH]ncc3c(-c3nccc4c3sc3nc(OCC5(C=O)CC5)nc(N5CC6CCC(C5)N6)c34)c12.CNC. The maximum atomic E-state index is 15.1. The first kappa shape index (κ1) is 29.7. The van der Waals surface area contributed by atoms with E-state index >= 15 is 4.39 Å². The van der Waals surface area contributed by atoms with Gasteiger partial charge in [-0.25, -0.2) is 4.39 Å². The number of halogens is 1. The molecular weight excluding hydrogens is 616 g/mol. The molecule has 2 aliphatic heterocycles. The summed E-state index contributed by atoms with van der Waals surface area (Å²) in [5.74, 6) is 2.95. The van der Waals surface area contributed by atoms with Crippen LogP contribution in [0.15, 0.2) is 36.7 Å². The first-order valence-electron chi connectivity index (χ1n) is 15.8. The normalized spacial score (nSPS) is 19.6. The number of carbonyl (C=O) groups excluding carboxylic acids is 1. The minimum Gasteiger partial charge on any atom is -0.462 e. The number of nitrogens with zero attached hydrogens (tertiary/aromatic N) is 5. The number of hydrogen-bond acceptors (Lipinski definition) is 10. The van der Waals surface area contributed by atoms with E-state index in [1.807, 2.05) is 26.2 Å². The monoisotopic (exact) mass is 648 g/mol. The van der Waals surface area contributed by atoms with Gasteiger partial charge in [0.25, 0.3) is 0 Å². The van der Waals surface area contributed by atoms with Crippen molar-refractivity contribution in [3.63, 3.8) is 0 Å². The molecule has 10 nitrogen and oxygen atoms in total. The van der Waals surface area contributed by atoms with Crippen LogP contribution >= 0.6 is 11.3 Å². The zero-order chi connectivity index (χ0) is 32.3. The average molecular weight is 649 g/mol. The summed E-state index contributed by atoms with van der Waals surface area (Å²) in [6.07, 6.45) is 14.3. The molecule has 0 radical (unpaired) electrons. The lowest BCUT2D eigenvalue weighted by atomic mass is 9.93. The van der Waals surface area contributed by atoms with Crippen LogP contribution in [0.3, 0.4) is 0 Å². The van der Waals surface area contributed by atoms with Gasteiger partial charge in [0.2, 0.25) is 0 Å². The summed E-state index contributed by atoms with van der Waals surface area (Å²) < 4.78 is 22.1. The van der Waals surface area contributed by atoms with Gasteiger partial charge in [-0.1, -0.05) is 12.0 Å². The molecule has 6 heterocycles. The molecule has 9 rings (SSSR count). The first-order valence-corrected chi connectivity index (χ1v) is 16.6. The number of fused-ring (bicyclic) bond motifs is 7. The summed E-state index contributed by atoms with van der Waals surface area (Å²) in [6.45, 7) is 1.93. The molecule has 238 valence electrons. The number of rotatable bonds is 6. The fourth-order valence-electron chi connectivity index (χ4n) is 6.94. The number of terminal acetylenes is 1. The molecule has 12 heteroatoms. The van der Waals surface area contributed by atoms with Crippen molar-refractivity contribution in [2.45, 2.75) is 37.8 Å². The van der Waals surface area contributed by atoms with Crippen LogP contribution in [-0.2, 0) is 4.79 Å². The van der Waals surface area contributed by atoms with Crippen LogP contribution in [0.5, 0.6) is 6.01 Å². The van der Waals surface area contributed by atoms with Crippen LogP contribution in [0.2, 0.25) is 0 Å². The number of benzene rings is 2. The number of thiophene rings is 1. The number of ether oxygens (including phenoxy) is 1. The molecule has 47 heavy (non-hydrogen) atoms. The Morgan fingerprint density at radius 2 is 1.96 bits per heavy atom. The fraction of sp³-hybridized carbons (Fsp3) is 0.343. The summed E-state index contributed by atoms with van der Waals surface area (Å²) >= 11 is 1.50. The molecule has 2 unspecified atom stereocenters. The summed E-state index contributed by atoms with van der Waals surface area (Å²) in [7, 11) is 3.75. The predicted octanol–water partition coefficient (Wildman–Crippen LogP) is 5.19. The molecule has 6 aromatic rings. The lowest BCUT2D eigenvalue weighted by molar-refractivity contribution is -0.113. The smallest absolute Gasteiger partial charge is 0.319 e. The summed E-state index contributed by atoms with van der Waals surface area (Å²) in [5.41, 5.74) is 1.97. The van der Waals surface area contributed by atoms with Gasteiger partial charge in [-0.05, 0) is 63.4 Å². The van der Waals surface area contributed by atoms with E-state index in [1.165, 1.54) is 17.4 Å². The number of piperazine rings is 1. The molecule has 4 aromatic heterocycles. The Bertz CT molecular complexity index is 2220. The maximum Gasteiger partial charge on any atom is 0.319 e. The molecule has 2 aromatic carbocycles. The van der Waals surface area contributed by atoms with Crippen LogP contribution in [-0.4, -0.2) is 77.3 Å². The van der Waals surface area contributed by atoms with E-state index in [0.29, 0.717) is 23.2 Å². The second kappa shape index (κ2) is 11.5. The second-order valence-electron chi connectivity index (χ2n) is 12.7. The van der Waals surface area contributed by atoms with Crippen molar-refractivity contribution in [3.05, 3.63) is 48.0 Å². The van der Waals surface area contributed by atoms with Gasteiger partial charge in [0.15, 0.2) is 0 Å². The van der Waals surface area contributed by atoms with Gasteiger partial charge < -0.3 is 25.1 Å². The third-order valence-corrected chi connectivity index (χ3v) is 10.5. The molecule has 1 saturated carbocycles. The Morgan fingerprint density at radius 1 is 1.17 bits per heavy atom. The van der Waals surface area contributed by atoms with Crippen molar-refractivity contribution in [2.75, 3.05) is 38.7 Å². The van der Waals surface area contributed by atoms with Gasteiger partial charge in [-0.3, -0.25) is 10.1 Å². The van der Waals surface area contributed by atoms with E-state index in [1.54, 1.807) is 18.5 Å². The molecular formula is C35H33FN8O2S. The molecule has 3 aliphatic rings. The molecule has 2 saturated heterocycles. The summed E-state index contributed by atoms with van der Waals surface area (Å²) in [6, 6.07) is 8.13. The zero-order valence-electron chi connectivity index (χ0n) is 26.1. The molecule has 1 aliphatic carbocycles. The second-order valence-corrected chi connectivity index (χ2v) is 13.7. The molecule has 3 fully saturated rings. The highest BCUT2D eigenvalue weighted by Crippen LogP contribution is 2.47. The van der Waals surface area contributed by atoms with E-state index in [4.69, 9.17) is 26.1 Å². The summed E-state index contributed by atoms with van der Waals surface area (Å²) in [5, 5.41) is 17.9. The number of aldehydes is 1. The van der Waals surface area contributed by atoms with Gasteiger partial charge in [-0.15, -0.1) is 17.8 Å². The number of nitrogens with one attached hydrogen (secondary N) is 3. The average Bonchev–Trinajstić information content (AvgIpc) is 3.34. The van der Waals surface area contributed by atoms with Crippen LogP contribution in [0.25, 0.3) is 53.2 Å². The third kappa shape index (κ3) is 4.97. The number of carbonyl (C=O) groups is 1. The fourth-order valence-corrected chi connectivity index (χ4v) is 8.09. The van der Waals surface area contributed by atoms with Crippen LogP contribution in [0.1, 0.15) is 31.2 Å². The minimum absolute atomic E-state index is 0.192. The molecule has 3 N–H and O–H groups in total. The van der Waals surface area contributed by atoms with Crippen LogP contribution in [0, 0.1) is 23.6 Å².